The number of piperidine rings is 1. The van der Waals surface area contributed by atoms with Crippen molar-refractivity contribution in [3.05, 3.63) is 29.8 Å². The van der Waals surface area contributed by atoms with Crippen LogP contribution in [0.2, 0.25) is 0 Å². The van der Waals surface area contributed by atoms with Crippen LogP contribution in [0.5, 0.6) is 0 Å². The third kappa shape index (κ3) is 2.27. The summed E-state index contributed by atoms with van der Waals surface area (Å²) in [5.74, 6) is 0.298. The van der Waals surface area contributed by atoms with Gasteiger partial charge in [0.15, 0.2) is 0 Å². The minimum Gasteiger partial charge on any atom is -0.316 e. The molecule has 0 aliphatic carbocycles. The first kappa shape index (κ1) is 12.7. The van der Waals surface area contributed by atoms with Crippen molar-refractivity contribution < 1.29 is 4.79 Å². The molecule has 1 saturated heterocycles. The monoisotopic (exact) mass is 258 g/mol. The van der Waals surface area contributed by atoms with E-state index in [0.29, 0.717) is 5.91 Å². The Morgan fingerprint density at radius 3 is 2.95 bits per heavy atom. The Hall–Kier alpha value is -1.35. The quantitative estimate of drug-likeness (QED) is 0.838. The van der Waals surface area contributed by atoms with Crippen molar-refractivity contribution in [3.63, 3.8) is 0 Å². The van der Waals surface area contributed by atoms with Crippen LogP contribution in [0.3, 0.4) is 0 Å². The highest BCUT2D eigenvalue weighted by Crippen LogP contribution is 2.34. The third-order valence-corrected chi connectivity index (χ3v) is 4.47. The number of aryl methyl sites for hydroxylation is 1. The Balaban J connectivity index is 1.88. The second-order valence-electron chi connectivity index (χ2n) is 6.03. The van der Waals surface area contributed by atoms with Gasteiger partial charge in [0.2, 0.25) is 5.91 Å². The largest absolute Gasteiger partial charge is 0.316 e. The Morgan fingerprint density at radius 1 is 1.32 bits per heavy atom. The molecule has 1 aromatic carbocycles. The van der Waals surface area contributed by atoms with Gasteiger partial charge in [-0.15, -0.1) is 0 Å². The smallest absolute Gasteiger partial charge is 0.234 e. The molecule has 1 aromatic rings. The van der Waals surface area contributed by atoms with E-state index in [1.54, 1.807) is 0 Å². The highest BCUT2D eigenvalue weighted by molar-refractivity contribution is 5.98. The molecular formula is C16H22N2O. The van der Waals surface area contributed by atoms with E-state index < -0.39 is 0 Å². The van der Waals surface area contributed by atoms with E-state index in [4.69, 9.17) is 0 Å². The summed E-state index contributed by atoms with van der Waals surface area (Å²) in [6, 6.07) is 8.34. The first-order chi connectivity index (χ1) is 9.21. The minimum atomic E-state index is -0.233. The van der Waals surface area contributed by atoms with E-state index in [1.807, 2.05) is 11.0 Å². The van der Waals surface area contributed by atoms with Gasteiger partial charge in [0.1, 0.15) is 0 Å². The lowest BCUT2D eigenvalue weighted by molar-refractivity contribution is -0.128. The average molecular weight is 258 g/mol. The van der Waals surface area contributed by atoms with E-state index in [0.717, 1.165) is 51.0 Å². The third-order valence-electron chi connectivity index (χ3n) is 4.47. The standard InChI is InChI=1S/C16H22N2O/c1-16(9-5-10-17-12-16)15(19)18-11-4-7-13-6-2-3-8-14(13)18/h2-3,6,8,17H,4-5,7,9-12H2,1H3. The molecule has 1 atom stereocenters. The number of hydrogen-bond donors (Lipinski definition) is 1. The average Bonchev–Trinajstić information content (AvgIpc) is 2.47. The van der Waals surface area contributed by atoms with Gasteiger partial charge in [-0.05, 0) is 50.8 Å². The van der Waals surface area contributed by atoms with Gasteiger partial charge in [-0.1, -0.05) is 18.2 Å². The Bertz CT molecular complexity index is 477. The summed E-state index contributed by atoms with van der Waals surface area (Å²) in [6.07, 6.45) is 4.26. The van der Waals surface area contributed by atoms with Crippen LogP contribution in [0.4, 0.5) is 5.69 Å². The second-order valence-corrected chi connectivity index (χ2v) is 6.03. The molecule has 0 saturated carbocycles. The van der Waals surface area contributed by atoms with E-state index in [-0.39, 0.29) is 5.41 Å². The van der Waals surface area contributed by atoms with Crippen LogP contribution in [0.1, 0.15) is 31.7 Å². The molecule has 2 heterocycles. The van der Waals surface area contributed by atoms with Crippen LogP contribution in [0, 0.1) is 5.41 Å². The topological polar surface area (TPSA) is 32.3 Å². The van der Waals surface area contributed by atoms with E-state index in [9.17, 15) is 4.79 Å². The highest BCUT2D eigenvalue weighted by atomic mass is 16.2. The van der Waals surface area contributed by atoms with Gasteiger partial charge >= 0.3 is 0 Å². The van der Waals surface area contributed by atoms with E-state index in [1.165, 1.54) is 5.56 Å². The zero-order chi connectivity index (χ0) is 13.3. The van der Waals surface area contributed by atoms with Crippen molar-refractivity contribution in [2.75, 3.05) is 24.5 Å². The van der Waals surface area contributed by atoms with Gasteiger partial charge < -0.3 is 10.2 Å². The number of hydrogen-bond acceptors (Lipinski definition) is 2. The van der Waals surface area contributed by atoms with Gasteiger partial charge in [0.25, 0.3) is 0 Å². The number of anilines is 1. The molecule has 102 valence electrons. The maximum atomic E-state index is 12.9. The van der Waals surface area contributed by atoms with Gasteiger partial charge in [0.05, 0.1) is 5.41 Å². The molecule has 0 spiro atoms. The molecule has 3 rings (SSSR count). The molecule has 0 bridgehead atoms. The lowest BCUT2D eigenvalue weighted by Crippen LogP contribution is -2.51. The number of para-hydroxylation sites is 1. The predicted molar refractivity (Wildman–Crippen MR) is 77.3 cm³/mol. The summed E-state index contributed by atoms with van der Waals surface area (Å²) in [4.78, 5) is 14.9. The fourth-order valence-electron chi connectivity index (χ4n) is 3.31. The first-order valence-corrected chi connectivity index (χ1v) is 7.31. The molecule has 0 aromatic heterocycles. The first-order valence-electron chi connectivity index (χ1n) is 7.31. The number of rotatable bonds is 1. The fraction of sp³-hybridized carbons (Fsp3) is 0.562. The van der Waals surface area contributed by atoms with E-state index >= 15 is 0 Å². The maximum Gasteiger partial charge on any atom is 0.234 e. The number of amides is 1. The van der Waals surface area contributed by atoms with Crippen LogP contribution >= 0.6 is 0 Å². The van der Waals surface area contributed by atoms with Crippen molar-refractivity contribution >= 4 is 11.6 Å². The van der Waals surface area contributed by atoms with Gasteiger partial charge in [-0.2, -0.15) is 0 Å². The predicted octanol–water partition coefficient (Wildman–Crippen LogP) is 2.36. The molecular weight excluding hydrogens is 236 g/mol. The minimum absolute atomic E-state index is 0.233. The summed E-state index contributed by atoms with van der Waals surface area (Å²) in [5.41, 5.74) is 2.21. The van der Waals surface area contributed by atoms with Crippen LogP contribution in [-0.4, -0.2) is 25.5 Å². The molecule has 1 N–H and O–H groups in total. The van der Waals surface area contributed by atoms with Crippen molar-refractivity contribution in [1.82, 2.24) is 5.32 Å². The van der Waals surface area contributed by atoms with Crippen LogP contribution in [-0.2, 0) is 11.2 Å². The SMILES string of the molecule is CC1(C(=O)N2CCCc3ccccc32)CCCNC1. The number of fused-ring (bicyclic) bond motifs is 1. The zero-order valence-electron chi connectivity index (χ0n) is 11.6. The summed E-state index contributed by atoms with van der Waals surface area (Å²) in [5, 5.41) is 3.37. The summed E-state index contributed by atoms with van der Waals surface area (Å²) in [7, 11) is 0. The van der Waals surface area contributed by atoms with Gasteiger partial charge in [-0.25, -0.2) is 0 Å². The van der Waals surface area contributed by atoms with Crippen LogP contribution < -0.4 is 10.2 Å². The molecule has 3 heteroatoms. The fourth-order valence-corrected chi connectivity index (χ4v) is 3.31. The molecule has 19 heavy (non-hydrogen) atoms. The lowest BCUT2D eigenvalue weighted by atomic mass is 9.80. The number of carbonyl (C=O) groups excluding carboxylic acids is 1. The number of nitrogens with one attached hydrogen (secondary N) is 1. The molecule has 0 radical (unpaired) electrons. The molecule has 1 unspecified atom stereocenters. The maximum absolute atomic E-state index is 12.9. The number of carbonyl (C=O) groups is 1. The Labute approximate surface area is 115 Å². The number of benzene rings is 1. The normalized spacial score (nSPS) is 26.9. The van der Waals surface area contributed by atoms with Crippen LogP contribution in [0.25, 0.3) is 0 Å². The van der Waals surface area contributed by atoms with Crippen molar-refractivity contribution in [1.29, 1.82) is 0 Å². The number of nitrogens with zero attached hydrogens (tertiary/aromatic N) is 1. The van der Waals surface area contributed by atoms with Gasteiger partial charge in [-0.3, -0.25) is 4.79 Å². The summed E-state index contributed by atoms with van der Waals surface area (Å²) < 4.78 is 0. The van der Waals surface area contributed by atoms with Crippen molar-refractivity contribution in [3.8, 4) is 0 Å². The van der Waals surface area contributed by atoms with Crippen molar-refractivity contribution in [2.45, 2.75) is 32.6 Å². The zero-order valence-corrected chi connectivity index (χ0v) is 11.6. The lowest BCUT2D eigenvalue weighted by Gasteiger charge is -2.39. The Kier molecular flexibility index (Phi) is 3.31. The van der Waals surface area contributed by atoms with Gasteiger partial charge in [0, 0.05) is 18.8 Å². The second kappa shape index (κ2) is 4.97. The van der Waals surface area contributed by atoms with Crippen LogP contribution in [0.15, 0.2) is 24.3 Å². The Morgan fingerprint density at radius 2 is 2.16 bits per heavy atom. The van der Waals surface area contributed by atoms with E-state index in [2.05, 4.69) is 30.4 Å². The molecule has 2 aliphatic rings. The highest BCUT2D eigenvalue weighted by Gasteiger charge is 2.39. The van der Waals surface area contributed by atoms with Crippen molar-refractivity contribution in [2.24, 2.45) is 5.41 Å². The summed E-state index contributed by atoms with van der Waals surface area (Å²) >= 11 is 0. The molecule has 2 aliphatic heterocycles. The molecule has 1 amide bonds. The molecule has 1 fully saturated rings. The molecule has 3 nitrogen and oxygen atoms in total. The summed E-state index contributed by atoms with van der Waals surface area (Å²) in [6.45, 7) is 4.83.